The summed E-state index contributed by atoms with van der Waals surface area (Å²) < 4.78 is 2.35. The third-order valence-corrected chi connectivity index (χ3v) is 5.46. The molecule has 0 unspecified atom stereocenters. The maximum atomic E-state index is 3.21. The van der Waals surface area contributed by atoms with Gasteiger partial charge in [0.05, 0.1) is 0 Å². The van der Waals surface area contributed by atoms with Gasteiger partial charge < -0.3 is 9.88 Å². The highest BCUT2D eigenvalue weighted by Crippen LogP contribution is 2.01. The fourth-order valence-electron chi connectivity index (χ4n) is 0.591. The second kappa shape index (κ2) is 3.34. The lowest BCUT2D eigenvalue weighted by atomic mass is 11.2. The van der Waals surface area contributed by atoms with Gasteiger partial charge in [0.25, 0.3) is 0 Å². The zero-order valence-electron chi connectivity index (χ0n) is 7.15. The van der Waals surface area contributed by atoms with Gasteiger partial charge in [-0.05, 0) is 21.1 Å². The maximum absolute atomic E-state index is 3.21. The van der Waals surface area contributed by atoms with Crippen LogP contribution in [0.2, 0.25) is 13.1 Å². The molecule has 0 aromatic carbocycles. The van der Waals surface area contributed by atoms with Crippen LogP contribution in [-0.4, -0.2) is 40.1 Å². The van der Waals surface area contributed by atoms with Crippen molar-refractivity contribution in [2.75, 3.05) is 27.3 Å². The second-order valence-corrected chi connectivity index (χ2v) is 8.11. The molecule has 0 spiro atoms. The van der Waals surface area contributed by atoms with Crippen molar-refractivity contribution >= 4 is 8.24 Å². The molecule has 9 heavy (non-hydrogen) atoms. The fourth-order valence-corrected chi connectivity index (χ4v) is 1.77. The molecule has 3 heteroatoms. The van der Waals surface area contributed by atoms with Crippen LogP contribution in [0.15, 0.2) is 0 Å². The van der Waals surface area contributed by atoms with Crippen LogP contribution in [0.4, 0.5) is 0 Å². The Labute approximate surface area is 59.3 Å². The van der Waals surface area contributed by atoms with Crippen LogP contribution < -0.4 is 5.32 Å². The molecule has 0 amide bonds. The lowest BCUT2D eigenvalue weighted by Crippen LogP contribution is -2.51. The summed E-state index contributed by atoms with van der Waals surface area (Å²) in [5, 5.41) is 3.21. The SMILES string of the molecule is CNC[Si](C)(C)N(C)C. The first kappa shape index (κ1) is 9.14. The molecule has 0 heterocycles. The van der Waals surface area contributed by atoms with Crippen LogP contribution in [0.5, 0.6) is 0 Å². The monoisotopic (exact) mass is 146 g/mol. The van der Waals surface area contributed by atoms with Crippen LogP contribution in [-0.2, 0) is 0 Å². The van der Waals surface area contributed by atoms with Gasteiger partial charge in [-0.3, -0.25) is 0 Å². The first-order chi connectivity index (χ1) is 4.00. The van der Waals surface area contributed by atoms with E-state index in [9.17, 15) is 0 Å². The summed E-state index contributed by atoms with van der Waals surface area (Å²) in [6.07, 6.45) is 1.17. The van der Waals surface area contributed by atoms with Gasteiger partial charge in [0, 0.05) is 6.17 Å². The molecule has 0 saturated carbocycles. The third kappa shape index (κ3) is 2.98. The Morgan fingerprint density at radius 3 is 1.89 bits per heavy atom. The Morgan fingerprint density at radius 2 is 1.78 bits per heavy atom. The third-order valence-electron chi connectivity index (χ3n) is 1.82. The lowest BCUT2D eigenvalue weighted by molar-refractivity contribution is 0.610. The molecule has 0 fully saturated rings. The number of nitrogens with one attached hydrogen (secondary N) is 1. The summed E-state index contributed by atoms with van der Waals surface area (Å²) >= 11 is 0. The average Bonchev–Trinajstić information content (AvgIpc) is 1.65. The van der Waals surface area contributed by atoms with E-state index in [0.717, 1.165) is 0 Å². The Bertz CT molecular complexity index is 81.1. The molecule has 0 aliphatic heterocycles. The molecule has 1 N–H and O–H groups in total. The smallest absolute Gasteiger partial charge is 0.135 e. The summed E-state index contributed by atoms with van der Waals surface area (Å²) in [6.45, 7) is 4.70. The standard InChI is InChI=1S/C6H18N2Si/c1-7-6-9(4,5)8(2)3/h7H,6H2,1-5H3. The van der Waals surface area contributed by atoms with Gasteiger partial charge in [0.2, 0.25) is 0 Å². The molecule has 2 nitrogen and oxygen atoms in total. The van der Waals surface area contributed by atoms with E-state index in [2.05, 4.69) is 37.1 Å². The van der Waals surface area contributed by atoms with Gasteiger partial charge in [0.15, 0.2) is 0 Å². The van der Waals surface area contributed by atoms with Gasteiger partial charge in [-0.2, -0.15) is 0 Å². The van der Waals surface area contributed by atoms with Crippen LogP contribution in [0, 0.1) is 0 Å². The van der Waals surface area contributed by atoms with Crippen LogP contribution in [0.1, 0.15) is 0 Å². The predicted octanol–water partition coefficient (Wildman–Crippen LogP) is 0.512. The van der Waals surface area contributed by atoms with Crippen molar-refractivity contribution in [3.8, 4) is 0 Å². The molecule has 0 aliphatic carbocycles. The van der Waals surface area contributed by atoms with Crippen LogP contribution in [0.3, 0.4) is 0 Å². The number of hydrogen-bond acceptors (Lipinski definition) is 2. The van der Waals surface area contributed by atoms with Gasteiger partial charge >= 0.3 is 0 Å². The average molecular weight is 146 g/mol. The summed E-state index contributed by atoms with van der Waals surface area (Å²) in [6, 6.07) is 0. The first-order valence-corrected chi connectivity index (χ1v) is 6.48. The molecule has 0 aromatic rings. The summed E-state index contributed by atoms with van der Waals surface area (Å²) in [4.78, 5) is 0. The second-order valence-electron chi connectivity index (χ2n) is 3.24. The topological polar surface area (TPSA) is 15.3 Å². The van der Waals surface area contributed by atoms with E-state index in [1.165, 1.54) is 6.17 Å². The van der Waals surface area contributed by atoms with Gasteiger partial charge in [0.1, 0.15) is 8.24 Å². The highest BCUT2D eigenvalue weighted by Gasteiger charge is 2.21. The molecule has 0 aromatic heterocycles. The minimum Gasteiger partial charge on any atom is -0.328 e. The molecule has 0 aliphatic rings. The van der Waals surface area contributed by atoms with E-state index < -0.39 is 8.24 Å². The van der Waals surface area contributed by atoms with Gasteiger partial charge in [-0.25, -0.2) is 0 Å². The van der Waals surface area contributed by atoms with Crippen molar-refractivity contribution < 1.29 is 0 Å². The molecular formula is C6H18N2Si. The van der Waals surface area contributed by atoms with Gasteiger partial charge in [-0.15, -0.1) is 0 Å². The quantitative estimate of drug-likeness (QED) is 0.584. The van der Waals surface area contributed by atoms with Crippen molar-refractivity contribution in [3.05, 3.63) is 0 Å². The van der Waals surface area contributed by atoms with E-state index in [0.29, 0.717) is 0 Å². The molecule has 0 bridgehead atoms. The molecule has 56 valence electrons. The maximum Gasteiger partial charge on any atom is 0.135 e. The molecule has 0 atom stereocenters. The van der Waals surface area contributed by atoms with Crippen molar-refractivity contribution in [1.82, 2.24) is 9.88 Å². The predicted molar refractivity (Wildman–Crippen MR) is 45.1 cm³/mol. The number of nitrogens with zero attached hydrogens (tertiary/aromatic N) is 1. The van der Waals surface area contributed by atoms with Crippen LogP contribution in [0.25, 0.3) is 0 Å². The highest BCUT2D eigenvalue weighted by atomic mass is 28.3. The summed E-state index contributed by atoms with van der Waals surface area (Å²) in [7, 11) is 5.27. The molecule has 0 rings (SSSR count). The normalized spacial score (nSPS) is 12.7. The van der Waals surface area contributed by atoms with Crippen molar-refractivity contribution in [1.29, 1.82) is 0 Å². The zero-order valence-corrected chi connectivity index (χ0v) is 8.15. The Hall–Kier alpha value is 0.137. The van der Waals surface area contributed by atoms with Gasteiger partial charge in [-0.1, -0.05) is 13.1 Å². The molecule has 0 radical (unpaired) electrons. The minimum atomic E-state index is -1.06. The van der Waals surface area contributed by atoms with E-state index in [1.54, 1.807) is 0 Å². The van der Waals surface area contributed by atoms with Crippen molar-refractivity contribution in [2.45, 2.75) is 13.1 Å². The largest absolute Gasteiger partial charge is 0.328 e. The Morgan fingerprint density at radius 1 is 1.33 bits per heavy atom. The lowest BCUT2D eigenvalue weighted by Gasteiger charge is -2.29. The van der Waals surface area contributed by atoms with E-state index in [1.807, 2.05) is 7.05 Å². The molecule has 0 saturated heterocycles. The molecular weight excluding hydrogens is 128 g/mol. The van der Waals surface area contributed by atoms with E-state index in [-0.39, 0.29) is 0 Å². The Balaban J connectivity index is 3.70. The number of hydrogen-bond donors (Lipinski definition) is 1. The summed E-state index contributed by atoms with van der Waals surface area (Å²) in [5.41, 5.74) is 0. The van der Waals surface area contributed by atoms with Crippen LogP contribution >= 0.6 is 0 Å². The first-order valence-electron chi connectivity index (χ1n) is 3.33. The van der Waals surface area contributed by atoms with Crippen molar-refractivity contribution in [3.63, 3.8) is 0 Å². The minimum absolute atomic E-state index is 1.06. The fraction of sp³-hybridized carbons (Fsp3) is 1.00. The van der Waals surface area contributed by atoms with E-state index >= 15 is 0 Å². The van der Waals surface area contributed by atoms with Crippen molar-refractivity contribution in [2.24, 2.45) is 0 Å². The number of rotatable bonds is 3. The Kier molecular flexibility index (Phi) is 3.39. The van der Waals surface area contributed by atoms with E-state index in [4.69, 9.17) is 0 Å². The highest BCUT2D eigenvalue weighted by molar-refractivity contribution is 6.74. The zero-order chi connectivity index (χ0) is 7.49. The summed E-state index contributed by atoms with van der Waals surface area (Å²) in [5.74, 6) is 0.